The lowest BCUT2D eigenvalue weighted by Gasteiger charge is -2.33. The molecular formula is C26H23NO4. The van der Waals surface area contributed by atoms with E-state index in [4.69, 9.17) is 4.74 Å². The van der Waals surface area contributed by atoms with E-state index < -0.39 is 18.2 Å². The van der Waals surface area contributed by atoms with Crippen molar-refractivity contribution in [3.05, 3.63) is 119 Å². The Bertz CT molecular complexity index is 1060. The topological polar surface area (TPSA) is 66.8 Å². The summed E-state index contributed by atoms with van der Waals surface area (Å²) in [6, 6.07) is 27.2. The van der Waals surface area contributed by atoms with E-state index >= 15 is 0 Å². The molecule has 2 unspecified atom stereocenters. The van der Waals surface area contributed by atoms with Crippen LogP contribution in [0.3, 0.4) is 0 Å². The van der Waals surface area contributed by atoms with Crippen LogP contribution in [0.2, 0.25) is 0 Å². The molecule has 0 spiro atoms. The molecule has 0 fully saturated rings. The van der Waals surface area contributed by atoms with Crippen molar-refractivity contribution in [2.45, 2.75) is 25.2 Å². The maximum atomic E-state index is 13.0. The second-order valence-electron chi connectivity index (χ2n) is 7.40. The molecule has 5 heteroatoms. The number of carbonyl (C=O) groups excluding carboxylic acids is 2. The number of hydrogen-bond donors (Lipinski definition) is 1. The van der Waals surface area contributed by atoms with Gasteiger partial charge in [-0.25, -0.2) is 4.79 Å². The van der Waals surface area contributed by atoms with E-state index in [2.05, 4.69) is 0 Å². The Labute approximate surface area is 181 Å². The van der Waals surface area contributed by atoms with Crippen molar-refractivity contribution in [3.8, 4) is 0 Å². The molecule has 0 aliphatic carbocycles. The number of aliphatic hydroxyl groups is 1. The Morgan fingerprint density at radius 3 is 2.16 bits per heavy atom. The van der Waals surface area contributed by atoms with Gasteiger partial charge in [-0.15, -0.1) is 0 Å². The molecule has 3 aromatic carbocycles. The van der Waals surface area contributed by atoms with Gasteiger partial charge in [-0.2, -0.15) is 0 Å². The van der Waals surface area contributed by atoms with Gasteiger partial charge in [0.2, 0.25) is 0 Å². The fraction of sp³-hybridized carbons (Fsp3) is 0.154. The van der Waals surface area contributed by atoms with Gasteiger partial charge in [0.25, 0.3) is 0 Å². The average Bonchev–Trinajstić information content (AvgIpc) is 2.83. The molecule has 156 valence electrons. The summed E-state index contributed by atoms with van der Waals surface area (Å²) in [5.74, 6) is -0.197. The average molecular weight is 413 g/mol. The maximum Gasteiger partial charge on any atom is 0.414 e. The minimum Gasteiger partial charge on any atom is -0.444 e. The molecule has 0 bridgehead atoms. The number of aliphatic hydroxyl groups excluding tert-OH is 1. The highest BCUT2D eigenvalue weighted by Gasteiger charge is 2.36. The Balaban J connectivity index is 1.64. The van der Waals surface area contributed by atoms with Crippen LogP contribution in [-0.4, -0.2) is 21.9 Å². The number of rotatable bonds is 5. The van der Waals surface area contributed by atoms with Crippen LogP contribution in [0.4, 0.5) is 4.79 Å². The molecular weight excluding hydrogens is 390 g/mol. The Kier molecular flexibility index (Phi) is 6.24. The van der Waals surface area contributed by atoms with Crippen LogP contribution in [0.25, 0.3) is 0 Å². The van der Waals surface area contributed by atoms with Gasteiger partial charge in [-0.3, -0.25) is 9.69 Å². The Morgan fingerprint density at radius 2 is 1.52 bits per heavy atom. The van der Waals surface area contributed by atoms with Gasteiger partial charge in [0, 0.05) is 18.2 Å². The van der Waals surface area contributed by atoms with Crippen molar-refractivity contribution < 1.29 is 19.4 Å². The van der Waals surface area contributed by atoms with Crippen molar-refractivity contribution in [1.29, 1.82) is 0 Å². The van der Waals surface area contributed by atoms with Gasteiger partial charge in [0.15, 0.2) is 5.78 Å². The summed E-state index contributed by atoms with van der Waals surface area (Å²) in [6.45, 7) is 0.121. The van der Waals surface area contributed by atoms with Gasteiger partial charge < -0.3 is 9.84 Å². The van der Waals surface area contributed by atoms with Crippen molar-refractivity contribution in [2.24, 2.45) is 0 Å². The standard InChI is InChI=1S/C26H23NO4/c28-24-16-23(20-12-6-2-7-13-20)27(26(30)31-18-19-10-4-1-5-11-19)17-22(24)25(29)21-14-8-3-9-15-21/h1-15,17,23,25,29H,16,18H2. The number of Topliss-reactive ketones (excluding diaryl/α,β-unsaturated/α-hetero) is 1. The number of carbonyl (C=O) groups is 2. The van der Waals surface area contributed by atoms with E-state index in [1.54, 1.807) is 24.3 Å². The first-order valence-corrected chi connectivity index (χ1v) is 10.2. The number of hydrogen-bond acceptors (Lipinski definition) is 4. The summed E-state index contributed by atoms with van der Waals surface area (Å²) in [4.78, 5) is 27.4. The largest absolute Gasteiger partial charge is 0.444 e. The lowest BCUT2D eigenvalue weighted by Crippen LogP contribution is -2.37. The fourth-order valence-electron chi connectivity index (χ4n) is 3.67. The third-order valence-electron chi connectivity index (χ3n) is 5.32. The van der Waals surface area contributed by atoms with E-state index in [9.17, 15) is 14.7 Å². The fourth-order valence-corrected chi connectivity index (χ4v) is 3.67. The normalized spacial score (nSPS) is 17.1. The van der Waals surface area contributed by atoms with E-state index in [0.717, 1.165) is 11.1 Å². The molecule has 1 amide bonds. The second kappa shape index (κ2) is 9.41. The predicted molar refractivity (Wildman–Crippen MR) is 117 cm³/mol. The summed E-state index contributed by atoms with van der Waals surface area (Å²) in [5, 5.41) is 10.8. The first-order chi connectivity index (χ1) is 15.1. The van der Waals surface area contributed by atoms with Crippen LogP contribution in [0.1, 0.15) is 35.3 Å². The first-order valence-electron chi connectivity index (χ1n) is 10.2. The second-order valence-corrected chi connectivity index (χ2v) is 7.40. The molecule has 2 atom stereocenters. The smallest absolute Gasteiger partial charge is 0.414 e. The molecule has 0 saturated carbocycles. The minimum absolute atomic E-state index is 0.0696. The minimum atomic E-state index is -1.12. The Morgan fingerprint density at radius 1 is 0.935 bits per heavy atom. The third-order valence-corrected chi connectivity index (χ3v) is 5.32. The molecule has 1 heterocycles. The molecule has 0 radical (unpaired) electrons. The van der Waals surface area contributed by atoms with Gasteiger partial charge in [0.1, 0.15) is 12.7 Å². The molecule has 4 rings (SSSR count). The molecule has 1 N–H and O–H groups in total. The zero-order chi connectivity index (χ0) is 21.6. The highest BCUT2D eigenvalue weighted by atomic mass is 16.6. The third kappa shape index (κ3) is 4.73. The summed E-state index contributed by atoms with van der Waals surface area (Å²) in [7, 11) is 0. The quantitative estimate of drug-likeness (QED) is 0.642. The molecule has 0 saturated heterocycles. The van der Waals surface area contributed by atoms with Crippen LogP contribution in [-0.2, 0) is 16.1 Å². The number of ketones is 1. The Hall–Kier alpha value is -3.70. The zero-order valence-electron chi connectivity index (χ0n) is 16.9. The molecule has 31 heavy (non-hydrogen) atoms. The monoisotopic (exact) mass is 413 g/mol. The lowest BCUT2D eigenvalue weighted by atomic mass is 9.89. The van der Waals surface area contributed by atoms with Gasteiger partial charge in [-0.05, 0) is 16.7 Å². The van der Waals surface area contributed by atoms with Crippen LogP contribution >= 0.6 is 0 Å². The highest BCUT2D eigenvalue weighted by molar-refractivity contribution is 5.98. The summed E-state index contributed by atoms with van der Waals surface area (Å²) >= 11 is 0. The number of amides is 1. The lowest BCUT2D eigenvalue weighted by molar-refractivity contribution is -0.118. The number of benzene rings is 3. The number of ether oxygens (including phenoxy) is 1. The van der Waals surface area contributed by atoms with Crippen molar-refractivity contribution in [1.82, 2.24) is 4.90 Å². The molecule has 3 aromatic rings. The maximum absolute atomic E-state index is 13.0. The van der Waals surface area contributed by atoms with Crippen LogP contribution in [0, 0.1) is 0 Å². The van der Waals surface area contributed by atoms with E-state index in [1.165, 1.54) is 11.1 Å². The summed E-state index contributed by atoms with van der Waals surface area (Å²) in [6.07, 6.45) is -0.174. The van der Waals surface area contributed by atoms with Crippen LogP contribution < -0.4 is 0 Å². The summed E-state index contributed by atoms with van der Waals surface area (Å²) in [5.41, 5.74) is 2.47. The predicted octanol–water partition coefficient (Wildman–Crippen LogP) is 4.96. The van der Waals surface area contributed by atoms with Crippen LogP contribution in [0.5, 0.6) is 0 Å². The van der Waals surface area contributed by atoms with Gasteiger partial charge >= 0.3 is 6.09 Å². The van der Waals surface area contributed by atoms with Crippen LogP contribution in [0.15, 0.2) is 103 Å². The summed E-state index contributed by atoms with van der Waals surface area (Å²) < 4.78 is 5.54. The van der Waals surface area contributed by atoms with E-state index in [-0.39, 0.29) is 24.4 Å². The number of nitrogens with zero attached hydrogens (tertiary/aromatic N) is 1. The van der Waals surface area contributed by atoms with E-state index in [1.807, 2.05) is 66.7 Å². The molecule has 1 aliphatic rings. The molecule has 5 nitrogen and oxygen atoms in total. The van der Waals surface area contributed by atoms with Crippen molar-refractivity contribution in [3.63, 3.8) is 0 Å². The van der Waals surface area contributed by atoms with Gasteiger partial charge in [0.05, 0.1) is 6.04 Å². The molecule has 0 aromatic heterocycles. The van der Waals surface area contributed by atoms with Gasteiger partial charge in [-0.1, -0.05) is 91.0 Å². The molecule has 1 aliphatic heterocycles. The first kappa shape index (κ1) is 20.6. The highest BCUT2D eigenvalue weighted by Crippen LogP contribution is 2.35. The van der Waals surface area contributed by atoms with Crippen molar-refractivity contribution in [2.75, 3.05) is 0 Å². The zero-order valence-corrected chi connectivity index (χ0v) is 16.9. The van der Waals surface area contributed by atoms with Crippen molar-refractivity contribution >= 4 is 11.9 Å². The van der Waals surface area contributed by atoms with E-state index in [0.29, 0.717) is 5.56 Å². The SMILES string of the molecule is O=C1CC(c2ccccc2)N(C(=O)OCc2ccccc2)C=C1C(O)c1ccccc1.